The van der Waals surface area contributed by atoms with Gasteiger partial charge in [-0.15, -0.1) is 0 Å². The SMILES string of the molecule is C1=C(c2ccccc2)C=C(c2ccccc2)C1c1ccc2c(c1)Cc1ccccc1-2. The Morgan fingerprint density at radius 2 is 1.23 bits per heavy atom. The van der Waals surface area contributed by atoms with Crippen LogP contribution >= 0.6 is 0 Å². The third-order valence-corrected chi connectivity index (χ3v) is 6.38. The molecular formula is C30H22. The summed E-state index contributed by atoms with van der Waals surface area (Å²) >= 11 is 0. The van der Waals surface area contributed by atoms with Gasteiger partial charge in [0.15, 0.2) is 0 Å². The van der Waals surface area contributed by atoms with E-state index >= 15 is 0 Å². The summed E-state index contributed by atoms with van der Waals surface area (Å²) in [5, 5.41) is 0. The fraction of sp³-hybridized carbons (Fsp3) is 0.0667. The van der Waals surface area contributed by atoms with Crippen molar-refractivity contribution in [2.24, 2.45) is 0 Å². The van der Waals surface area contributed by atoms with Gasteiger partial charge < -0.3 is 0 Å². The lowest BCUT2D eigenvalue weighted by atomic mass is 9.87. The lowest BCUT2D eigenvalue weighted by Crippen LogP contribution is -1.98. The van der Waals surface area contributed by atoms with Crippen LogP contribution in [-0.4, -0.2) is 0 Å². The maximum Gasteiger partial charge on any atom is 0.0284 e. The van der Waals surface area contributed by atoms with E-state index in [0.29, 0.717) is 0 Å². The molecular weight excluding hydrogens is 360 g/mol. The predicted molar refractivity (Wildman–Crippen MR) is 126 cm³/mol. The molecule has 6 rings (SSSR count). The van der Waals surface area contributed by atoms with Gasteiger partial charge in [0, 0.05) is 5.92 Å². The summed E-state index contributed by atoms with van der Waals surface area (Å²) in [6.07, 6.45) is 5.84. The zero-order valence-corrected chi connectivity index (χ0v) is 16.8. The van der Waals surface area contributed by atoms with Crippen molar-refractivity contribution in [1.82, 2.24) is 0 Å². The predicted octanol–water partition coefficient (Wildman–Crippen LogP) is 7.52. The Morgan fingerprint density at radius 3 is 2.03 bits per heavy atom. The third kappa shape index (κ3) is 2.84. The summed E-state index contributed by atoms with van der Waals surface area (Å²) < 4.78 is 0. The minimum absolute atomic E-state index is 0.275. The van der Waals surface area contributed by atoms with Crippen molar-refractivity contribution in [3.63, 3.8) is 0 Å². The molecule has 0 nitrogen and oxygen atoms in total. The van der Waals surface area contributed by atoms with E-state index in [0.717, 1.165) is 6.42 Å². The summed E-state index contributed by atoms with van der Waals surface area (Å²) in [5.74, 6) is 0.275. The molecule has 1 unspecified atom stereocenters. The van der Waals surface area contributed by atoms with Gasteiger partial charge in [0.2, 0.25) is 0 Å². The van der Waals surface area contributed by atoms with Crippen molar-refractivity contribution < 1.29 is 0 Å². The highest BCUT2D eigenvalue weighted by atomic mass is 14.3. The Kier molecular flexibility index (Phi) is 4.02. The minimum atomic E-state index is 0.275. The van der Waals surface area contributed by atoms with Crippen molar-refractivity contribution >= 4 is 11.1 Å². The average molecular weight is 383 g/mol. The quantitative estimate of drug-likeness (QED) is 0.303. The molecule has 2 aliphatic rings. The van der Waals surface area contributed by atoms with Gasteiger partial charge in [0.1, 0.15) is 0 Å². The number of hydrogen-bond acceptors (Lipinski definition) is 0. The molecule has 0 saturated carbocycles. The first-order valence-electron chi connectivity index (χ1n) is 10.6. The maximum atomic E-state index is 2.43. The van der Waals surface area contributed by atoms with E-state index in [-0.39, 0.29) is 5.92 Å². The molecule has 4 aromatic carbocycles. The van der Waals surface area contributed by atoms with Crippen molar-refractivity contribution in [3.8, 4) is 11.1 Å². The third-order valence-electron chi connectivity index (χ3n) is 6.38. The van der Waals surface area contributed by atoms with E-state index in [4.69, 9.17) is 0 Å². The Hall–Kier alpha value is -3.64. The molecule has 0 bridgehead atoms. The molecule has 142 valence electrons. The molecule has 0 aromatic heterocycles. The average Bonchev–Trinajstić information content (AvgIpc) is 3.42. The second-order valence-corrected chi connectivity index (χ2v) is 8.18. The number of allylic oxidation sites excluding steroid dienone is 4. The summed E-state index contributed by atoms with van der Waals surface area (Å²) in [6, 6.07) is 37.4. The van der Waals surface area contributed by atoms with Gasteiger partial charge in [-0.25, -0.2) is 0 Å². The molecule has 0 aliphatic heterocycles. The standard InChI is InChI=1S/C30H22/c1-3-9-21(10-4-1)25-19-29(22-11-5-2-6-12-22)30(20-25)24-15-16-28-26(18-24)17-23-13-7-8-14-27(23)28/h1-16,18-20,30H,17H2. The highest BCUT2D eigenvalue weighted by Crippen LogP contribution is 2.45. The van der Waals surface area contributed by atoms with Gasteiger partial charge in [-0.3, -0.25) is 0 Å². The summed E-state index contributed by atoms with van der Waals surface area (Å²) in [4.78, 5) is 0. The fourth-order valence-electron chi connectivity index (χ4n) is 4.91. The fourth-order valence-corrected chi connectivity index (χ4v) is 4.91. The second kappa shape index (κ2) is 7.00. The summed E-state index contributed by atoms with van der Waals surface area (Å²) in [7, 11) is 0. The molecule has 30 heavy (non-hydrogen) atoms. The van der Waals surface area contributed by atoms with Crippen LogP contribution in [0.3, 0.4) is 0 Å². The zero-order valence-electron chi connectivity index (χ0n) is 16.8. The number of benzene rings is 4. The Balaban J connectivity index is 1.45. The maximum absolute atomic E-state index is 2.43. The largest absolute Gasteiger partial charge is 0.0647 e. The zero-order chi connectivity index (χ0) is 19.9. The molecule has 1 atom stereocenters. The molecule has 2 aliphatic carbocycles. The molecule has 0 heteroatoms. The first-order chi connectivity index (χ1) is 14.9. The lowest BCUT2D eigenvalue weighted by Gasteiger charge is -2.16. The number of fused-ring (bicyclic) bond motifs is 3. The van der Waals surface area contributed by atoms with Crippen LogP contribution in [0.5, 0.6) is 0 Å². The molecule has 0 N–H and O–H groups in total. The van der Waals surface area contributed by atoms with E-state index in [1.165, 1.54) is 50.1 Å². The molecule has 4 aromatic rings. The molecule has 0 amide bonds. The molecule has 0 radical (unpaired) electrons. The van der Waals surface area contributed by atoms with Gasteiger partial charge in [-0.2, -0.15) is 0 Å². The minimum Gasteiger partial charge on any atom is -0.0647 e. The van der Waals surface area contributed by atoms with Gasteiger partial charge in [-0.05, 0) is 62.6 Å². The lowest BCUT2D eigenvalue weighted by molar-refractivity contribution is 1.11. The van der Waals surface area contributed by atoms with E-state index < -0.39 is 0 Å². The monoisotopic (exact) mass is 382 g/mol. The van der Waals surface area contributed by atoms with Crippen molar-refractivity contribution in [1.29, 1.82) is 0 Å². The van der Waals surface area contributed by atoms with Gasteiger partial charge in [-0.1, -0.05) is 109 Å². The highest BCUT2D eigenvalue weighted by molar-refractivity contribution is 5.93. The van der Waals surface area contributed by atoms with Crippen LogP contribution in [0.4, 0.5) is 0 Å². The molecule has 0 heterocycles. The molecule has 0 fully saturated rings. The molecule has 0 saturated heterocycles. The van der Waals surface area contributed by atoms with Crippen molar-refractivity contribution in [2.45, 2.75) is 12.3 Å². The van der Waals surface area contributed by atoms with E-state index in [1.54, 1.807) is 0 Å². The number of rotatable bonds is 3. The van der Waals surface area contributed by atoms with Gasteiger partial charge >= 0.3 is 0 Å². The van der Waals surface area contributed by atoms with Gasteiger partial charge in [0.05, 0.1) is 0 Å². The van der Waals surface area contributed by atoms with Crippen LogP contribution in [-0.2, 0) is 6.42 Å². The topological polar surface area (TPSA) is 0 Å². The highest BCUT2D eigenvalue weighted by Gasteiger charge is 2.25. The smallest absolute Gasteiger partial charge is 0.0284 e. The Bertz CT molecular complexity index is 1290. The Morgan fingerprint density at radius 1 is 0.567 bits per heavy atom. The van der Waals surface area contributed by atoms with Gasteiger partial charge in [0.25, 0.3) is 0 Å². The van der Waals surface area contributed by atoms with E-state index in [2.05, 4.69) is 115 Å². The first kappa shape index (κ1) is 17.2. The summed E-state index contributed by atoms with van der Waals surface area (Å²) in [5.41, 5.74) is 12.3. The summed E-state index contributed by atoms with van der Waals surface area (Å²) in [6.45, 7) is 0. The van der Waals surface area contributed by atoms with E-state index in [1.807, 2.05) is 0 Å². The van der Waals surface area contributed by atoms with Crippen LogP contribution in [0, 0.1) is 0 Å². The van der Waals surface area contributed by atoms with Crippen LogP contribution in [0.15, 0.2) is 115 Å². The number of hydrogen-bond donors (Lipinski definition) is 0. The van der Waals surface area contributed by atoms with Crippen molar-refractivity contribution in [2.75, 3.05) is 0 Å². The van der Waals surface area contributed by atoms with E-state index in [9.17, 15) is 0 Å². The Labute approximate surface area is 177 Å². The van der Waals surface area contributed by atoms with Crippen LogP contribution in [0.2, 0.25) is 0 Å². The van der Waals surface area contributed by atoms with Crippen molar-refractivity contribution in [3.05, 3.63) is 143 Å². The normalized spacial score (nSPS) is 16.6. The van der Waals surface area contributed by atoms with Crippen LogP contribution in [0.1, 0.15) is 33.7 Å². The van der Waals surface area contributed by atoms with Crippen LogP contribution < -0.4 is 0 Å². The van der Waals surface area contributed by atoms with Crippen LogP contribution in [0.25, 0.3) is 22.3 Å². The second-order valence-electron chi connectivity index (χ2n) is 8.18. The first-order valence-corrected chi connectivity index (χ1v) is 10.6. The molecule has 0 spiro atoms.